The van der Waals surface area contributed by atoms with Crippen LogP contribution in [0.2, 0.25) is 0 Å². The molecule has 12 nitrogen and oxygen atoms in total. The summed E-state index contributed by atoms with van der Waals surface area (Å²) in [6.07, 6.45) is 6.14. The van der Waals surface area contributed by atoms with Gasteiger partial charge >= 0.3 is 0 Å². The molecule has 8 N–H and O–H groups in total. The number of nitrogens with zero attached hydrogens (tertiary/aromatic N) is 2. The summed E-state index contributed by atoms with van der Waals surface area (Å²) in [5, 5.41) is 0. The summed E-state index contributed by atoms with van der Waals surface area (Å²) in [7, 11) is -5.86. The molecule has 4 rings (SSSR count). The number of rotatable bonds is 6. The molecule has 0 amide bonds. The standard InChI is InChI=1S/C12H19N3O.C7H8O3S.C6H6O3S.2H2O.H2S/c1-15-5-2-3-12(15)10-7-11(9-14-8-10)16-6-4-13;1-6-2-4-7(5-3-6)11(8,9)10;7-10(8,9)6-4-2-1-3-5-6;;;/h7-9,12H,2-6,13H2,1H3;2-5H,1H3,(H,8,9,10);1-5H,(H,7,8,9);3*1H2/t12-;;;;;/m0...../s1. The van der Waals surface area contributed by atoms with Crippen molar-refractivity contribution < 1.29 is 41.6 Å². The second-order valence-electron chi connectivity index (χ2n) is 8.31. The van der Waals surface area contributed by atoms with E-state index in [-0.39, 0.29) is 34.2 Å². The van der Waals surface area contributed by atoms with Crippen molar-refractivity contribution in [2.75, 3.05) is 26.7 Å². The number of hydrogen-bond acceptors (Lipinski definition) is 8. The molecule has 1 aliphatic rings. The molecule has 0 aliphatic carbocycles. The molecule has 226 valence electrons. The van der Waals surface area contributed by atoms with Crippen molar-refractivity contribution in [2.24, 2.45) is 5.73 Å². The van der Waals surface area contributed by atoms with E-state index in [2.05, 4.69) is 23.0 Å². The fourth-order valence-corrected chi connectivity index (χ4v) is 4.49. The smallest absolute Gasteiger partial charge is 0.294 e. The molecule has 1 aromatic heterocycles. The molecule has 0 radical (unpaired) electrons. The van der Waals surface area contributed by atoms with Crippen molar-refractivity contribution in [3.05, 3.63) is 84.2 Å². The van der Waals surface area contributed by atoms with Gasteiger partial charge in [0.15, 0.2) is 0 Å². The third-order valence-corrected chi connectivity index (χ3v) is 7.12. The topological polar surface area (TPSA) is 223 Å². The van der Waals surface area contributed by atoms with Gasteiger partial charge in [0.05, 0.1) is 16.0 Å². The zero-order chi connectivity index (χ0) is 27.5. The van der Waals surface area contributed by atoms with Crippen LogP contribution in [0.25, 0.3) is 0 Å². The Kier molecular flexibility index (Phi) is 18.5. The third kappa shape index (κ3) is 13.6. The van der Waals surface area contributed by atoms with E-state index in [1.54, 1.807) is 36.5 Å². The second kappa shape index (κ2) is 18.7. The number of hydrogen-bond donors (Lipinski definition) is 3. The van der Waals surface area contributed by atoms with Crippen LogP contribution >= 0.6 is 13.5 Å². The van der Waals surface area contributed by atoms with E-state index >= 15 is 0 Å². The summed E-state index contributed by atoms with van der Waals surface area (Å²) in [5.74, 6) is 0.822. The Morgan fingerprint density at radius 1 is 0.950 bits per heavy atom. The fourth-order valence-electron chi connectivity index (χ4n) is 3.51. The summed E-state index contributed by atoms with van der Waals surface area (Å²) in [4.78, 5) is 6.45. The van der Waals surface area contributed by atoms with E-state index in [9.17, 15) is 16.8 Å². The minimum Gasteiger partial charge on any atom is -0.491 e. The van der Waals surface area contributed by atoms with Gasteiger partial charge in [-0.3, -0.25) is 19.0 Å². The van der Waals surface area contributed by atoms with Gasteiger partial charge in [0.25, 0.3) is 20.2 Å². The van der Waals surface area contributed by atoms with E-state index < -0.39 is 20.2 Å². The lowest BCUT2D eigenvalue weighted by atomic mass is 10.1. The average Bonchev–Trinajstić information content (AvgIpc) is 3.29. The quantitative estimate of drug-likeness (QED) is 0.339. The first-order valence-corrected chi connectivity index (χ1v) is 14.3. The molecular formula is C25H39N3O9S3. The van der Waals surface area contributed by atoms with Gasteiger partial charge in [-0.1, -0.05) is 35.9 Å². The molecule has 2 heterocycles. The molecule has 1 fully saturated rings. The van der Waals surface area contributed by atoms with Gasteiger partial charge in [-0.25, -0.2) is 0 Å². The Morgan fingerprint density at radius 2 is 1.50 bits per heavy atom. The summed E-state index contributed by atoms with van der Waals surface area (Å²) in [6, 6.07) is 16.0. The lowest BCUT2D eigenvalue weighted by Crippen LogP contribution is -2.17. The highest BCUT2D eigenvalue weighted by Gasteiger charge is 2.23. The van der Waals surface area contributed by atoms with E-state index in [4.69, 9.17) is 19.6 Å². The zero-order valence-corrected chi connectivity index (χ0v) is 24.9. The number of nitrogens with two attached hydrogens (primary N) is 1. The Morgan fingerprint density at radius 3 is 1.95 bits per heavy atom. The molecule has 0 spiro atoms. The van der Waals surface area contributed by atoms with Gasteiger partial charge < -0.3 is 21.4 Å². The number of ether oxygens (including phenoxy) is 1. The summed E-state index contributed by atoms with van der Waals surface area (Å²) in [5.41, 5.74) is 7.61. The summed E-state index contributed by atoms with van der Waals surface area (Å²) in [6.45, 7) is 4.09. The van der Waals surface area contributed by atoms with Gasteiger partial charge in [-0.15, -0.1) is 0 Å². The van der Waals surface area contributed by atoms with Crippen LogP contribution in [0.3, 0.4) is 0 Å². The maximum Gasteiger partial charge on any atom is 0.294 e. The molecule has 0 unspecified atom stereocenters. The molecule has 1 atom stereocenters. The van der Waals surface area contributed by atoms with Crippen molar-refractivity contribution in [3.8, 4) is 5.75 Å². The highest BCUT2D eigenvalue weighted by Crippen LogP contribution is 2.31. The third-order valence-electron chi connectivity index (χ3n) is 5.39. The van der Waals surface area contributed by atoms with E-state index in [0.29, 0.717) is 19.2 Å². The maximum atomic E-state index is 10.5. The zero-order valence-electron chi connectivity index (χ0n) is 22.3. The maximum absolute atomic E-state index is 10.5. The number of benzene rings is 2. The Bertz CT molecular complexity index is 1330. The molecule has 1 saturated heterocycles. The highest BCUT2D eigenvalue weighted by atomic mass is 32.2. The number of likely N-dealkylation sites (tertiary alicyclic amines) is 1. The first-order valence-electron chi connectivity index (χ1n) is 11.5. The van der Waals surface area contributed by atoms with Gasteiger partial charge in [-0.05, 0) is 69.3 Å². The van der Waals surface area contributed by atoms with E-state index in [1.807, 2.05) is 13.1 Å². The minimum atomic E-state index is -4.02. The average molecular weight is 622 g/mol. The molecule has 1 aliphatic heterocycles. The summed E-state index contributed by atoms with van der Waals surface area (Å²) < 4.78 is 64.3. The van der Waals surface area contributed by atoms with E-state index in [0.717, 1.165) is 11.3 Å². The first kappa shape index (κ1) is 39.5. The molecule has 40 heavy (non-hydrogen) atoms. The minimum absolute atomic E-state index is 0. The first-order chi connectivity index (χ1) is 17.4. The fraction of sp³-hybridized carbons (Fsp3) is 0.320. The molecular weight excluding hydrogens is 582 g/mol. The van der Waals surface area contributed by atoms with Crippen LogP contribution in [0.1, 0.15) is 30.0 Å². The molecule has 0 bridgehead atoms. The van der Waals surface area contributed by atoms with Gasteiger partial charge in [0.2, 0.25) is 0 Å². The van der Waals surface area contributed by atoms with E-state index in [1.165, 1.54) is 49.2 Å². The van der Waals surface area contributed by atoms with Crippen molar-refractivity contribution >= 4 is 33.7 Å². The molecule has 0 saturated carbocycles. The normalized spacial score (nSPS) is 14.5. The second-order valence-corrected chi connectivity index (χ2v) is 11.1. The van der Waals surface area contributed by atoms with Crippen molar-refractivity contribution in [1.29, 1.82) is 0 Å². The van der Waals surface area contributed by atoms with Gasteiger partial charge in [0.1, 0.15) is 12.4 Å². The SMILES string of the molecule is CN1CCC[C@H]1c1cncc(OCCN)c1.Cc1ccc(S(=O)(=O)O)cc1.O.O.O=S(=O)(O)c1ccccc1.S. The highest BCUT2D eigenvalue weighted by molar-refractivity contribution is 7.86. The summed E-state index contributed by atoms with van der Waals surface area (Å²) >= 11 is 0. The van der Waals surface area contributed by atoms with Crippen LogP contribution in [-0.4, -0.2) is 73.5 Å². The lowest BCUT2D eigenvalue weighted by molar-refractivity contribution is 0.309. The van der Waals surface area contributed by atoms with Crippen LogP contribution in [-0.2, 0) is 20.2 Å². The van der Waals surface area contributed by atoms with Crippen LogP contribution in [0, 0.1) is 6.92 Å². The van der Waals surface area contributed by atoms with Crippen LogP contribution in [0.5, 0.6) is 5.75 Å². The number of aryl methyl sites for hydroxylation is 1. The number of aromatic nitrogens is 1. The largest absolute Gasteiger partial charge is 0.491 e. The molecule has 3 aromatic rings. The number of pyridine rings is 1. The predicted molar refractivity (Wildman–Crippen MR) is 158 cm³/mol. The predicted octanol–water partition coefficient (Wildman–Crippen LogP) is 1.82. The monoisotopic (exact) mass is 621 g/mol. The van der Waals surface area contributed by atoms with Crippen molar-refractivity contribution in [3.63, 3.8) is 0 Å². The lowest BCUT2D eigenvalue weighted by Gasteiger charge is -2.19. The van der Waals surface area contributed by atoms with Gasteiger partial charge in [0, 0.05) is 18.8 Å². The van der Waals surface area contributed by atoms with Crippen molar-refractivity contribution in [1.82, 2.24) is 9.88 Å². The Hall–Kier alpha value is -2.60. The Balaban J connectivity index is 0. The van der Waals surface area contributed by atoms with Gasteiger partial charge in [-0.2, -0.15) is 30.3 Å². The molecule has 15 heteroatoms. The van der Waals surface area contributed by atoms with Crippen LogP contribution in [0.4, 0.5) is 0 Å². The van der Waals surface area contributed by atoms with Crippen LogP contribution in [0.15, 0.2) is 82.8 Å². The molecule has 2 aromatic carbocycles. The van der Waals surface area contributed by atoms with Crippen molar-refractivity contribution in [2.45, 2.75) is 35.6 Å². The Labute approximate surface area is 242 Å². The van der Waals surface area contributed by atoms with Crippen LogP contribution < -0.4 is 10.5 Å².